The van der Waals surface area contributed by atoms with Gasteiger partial charge < -0.3 is 30.6 Å². The smallest absolute Gasteiger partial charge is 0.393 e. The van der Waals surface area contributed by atoms with E-state index < -0.39 is 38.0 Å². The Morgan fingerprint density at radius 1 is 1.09 bits per heavy atom. The van der Waals surface area contributed by atoms with Gasteiger partial charge in [-0.05, 0) is 6.42 Å². The lowest BCUT2D eigenvalue weighted by atomic mass is 9.87. The van der Waals surface area contributed by atoms with Gasteiger partial charge in [0.1, 0.15) is 6.10 Å². The fourth-order valence-electron chi connectivity index (χ4n) is 2.51. The number of thioether (sulfide) groups is 1. The zero-order valence-electron chi connectivity index (χ0n) is 18.9. The van der Waals surface area contributed by atoms with Crippen LogP contribution < -0.4 is 10.6 Å². The Bertz CT molecular complexity index is 642. The standard InChI is InChI=1S/C19H37N2O9PS/c1-4-5-6-7-14(22)12-16(24)32-11-10-20-15(23)8-9-21-18(26)17(25)19(2,3)13-30-31(27,28)29/h14,17,22,25H,4-13H2,1-3H3,(H,20,23)(H,21,26)(H2,27,28,29)/t14-,17-/m0/s1. The summed E-state index contributed by atoms with van der Waals surface area (Å²) in [5, 5.41) is 24.7. The number of carbonyl (C=O) groups excluding carboxylic acids is 3. The van der Waals surface area contributed by atoms with Crippen LogP contribution in [0.2, 0.25) is 0 Å². The van der Waals surface area contributed by atoms with Crippen molar-refractivity contribution in [3.05, 3.63) is 0 Å². The van der Waals surface area contributed by atoms with Crippen molar-refractivity contribution in [2.75, 3.05) is 25.4 Å². The normalized spacial score (nSPS) is 14.0. The highest BCUT2D eigenvalue weighted by Gasteiger charge is 2.35. The van der Waals surface area contributed by atoms with Crippen LogP contribution in [0.5, 0.6) is 0 Å². The van der Waals surface area contributed by atoms with Crippen LogP contribution in [0.25, 0.3) is 0 Å². The van der Waals surface area contributed by atoms with Gasteiger partial charge in [0, 0.05) is 37.1 Å². The fourth-order valence-corrected chi connectivity index (χ4v) is 3.75. The van der Waals surface area contributed by atoms with E-state index in [4.69, 9.17) is 9.79 Å². The minimum Gasteiger partial charge on any atom is -0.393 e. The first-order valence-electron chi connectivity index (χ1n) is 10.5. The molecular weight excluding hydrogens is 463 g/mol. The van der Waals surface area contributed by atoms with Crippen molar-refractivity contribution in [1.82, 2.24) is 10.6 Å². The van der Waals surface area contributed by atoms with Crippen LogP contribution in [0.1, 0.15) is 59.3 Å². The van der Waals surface area contributed by atoms with Crippen molar-refractivity contribution in [3.8, 4) is 0 Å². The molecule has 0 saturated carbocycles. The van der Waals surface area contributed by atoms with E-state index >= 15 is 0 Å². The van der Waals surface area contributed by atoms with Gasteiger partial charge in [-0.3, -0.25) is 18.9 Å². The summed E-state index contributed by atoms with van der Waals surface area (Å²) in [4.78, 5) is 53.1. The number of amides is 2. The molecule has 0 unspecified atom stereocenters. The highest BCUT2D eigenvalue weighted by atomic mass is 32.2. The third kappa shape index (κ3) is 15.7. The molecular formula is C19H37N2O9PS. The van der Waals surface area contributed by atoms with Crippen LogP contribution in [-0.2, 0) is 23.5 Å². The fraction of sp³-hybridized carbons (Fsp3) is 0.842. The van der Waals surface area contributed by atoms with Gasteiger partial charge in [-0.25, -0.2) is 4.57 Å². The molecule has 2 atom stereocenters. The molecule has 6 N–H and O–H groups in total. The quantitative estimate of drug-likeness (QED) is 0.123. The Kier molecular flexibility index (Phi) is 15.3. The lowest BCUT2D eigenvalue weighted by molar-refractivity contribution is -0.137. The molecule has 0 aliphatic heterocycles. The topological polar surface area (TPSA) is 182 Å². The summed E-state index contributed by atoms with van der Waals surface area (Å²) in [6.45, 7) is 4.54. The molecule has 32 heavy (non-hydrogen) atoms. The molecule has 188 valence electrons. The van der Waals surface area contributed by atoms with Crippen LogP contribution in [0.3, 0.4) is 0 Å². The lowest BCUT2D eigenvalue weighted by Gasteiger charge is -2.29. The minimum atomic E-state index is -4.73. The lowest BCUT2D eigenvalue weighted by Crippen LogP contribution is -2.46. The molecule has 0 aromatic heterocycles. The maximum absolute atomic E-state index is 12.0. The first-order valence-corrected chi connectivity index (χ1v) is 13.1. The second-order valence-electron chi connectivity index (χ2n) is 8.12. The SMILES string of the molecule is CCCCC[C@H](O)CC(=O)SCCNC(=O)CCNC(=O)[C@H](O)C(C)(C)COP(=O)(O)O. The molecule has 0 aliphatic carbocycles. The zero-order chi connectivity index (χ0) is 24.8. The molecule has 0 aromatic carbocycles. The second kappa shape index (κ2) is 15.8. The third-order valence-corrected chi connectivity index (χ3v) is 5.84. The van der Waals surface area contributed by atoms with Gasteiger partial charge in [0.05, 0.1) is 12.7 Å². The van der Waals surface area contributed by atoms with Crippen LogP contribution in [-0.4, -0.2) is 74.6 Å². The summed E-state index contributed by atoms with van der Waals surface area (Å²) >= 11 is 1.04. The Morgan fingerprint density at radius 2 is 1.75 bits per heavy atom. The van der Waals surface area contributed by atoms with Gasteiger partial charge in [0.25, 0.3) is 0 Å². The molecule has 0 heterocycles. The Balaban J connectivity index is 4.02. The maximum Gasteiger partial charge on any atom is 0.469 e. The van der Waals surface area contributed by atoms with E-state index in [0.29, 0.717) is 12.2 Å². The molecule has 0 saturated heterocycles. The van der Waals surface area contributed by atoms with E-state index in [9.17, 15) is 29.2 Å². The predicted molar refractivity (Wildman–Crippen MR) is 121 cm³/mol. The number of aliphatic hydroxyl groups excluding tert-OH is 2. The number of carbonyl (C=O) groups is 3. The first-order chi connectivity index (χ1) is 14.8. The number of rotatable bonds is 17. The van der Waals surface area contributed by atoms with Crippen molar-refractivity contribution >= 4 is 36.5 Å². The maximum atomic E-state index is 12.0. The van der Waals surface area contributed by atoms with Crippen molar-refractivity contribution < 1.29 is 43.5 Å². The van der Waals surface area contributed by atoms with Crippen molar-refractivity contribution in [2.45, 2.75) is 71.5 Å². The second-order valence-corrected chi connectivity index (χ2v) is 10.5. The number of nitrogens with one attached hydrogen (secondary N) is 2. The minimum absolute atomic E-state index is 0.0484. The first kappa shape index (κ1) is 31.0. The van der Waals surface area contributed by atoms with Crippen molar-refractivity contribution in [3.63, 3.8) is 0 Å². The number of phosphoric acid groups is 1. The van der Waals surface area contributed by atoms with Crippen LogP contribution >= 0.6 is 19.6 Å². The van der Waals surface area contributed by atoms with Gasteiger partial charge in [0.15, 0.2) is 5.12 Å². The number of unbranched alkanes of at least 4 members (excludes halogenated alkanes) is 2. The zero-order valence-corrected chi connectivity index (χ0v) is 20.6. The molecule has 13 heteroatoms. The molecule has 0 fully saturated rings. The number of aliphatic hydroxyl groups is 2. The predicted octanol–water partition coefficient (Wildman–Crippen LogP) is 0.696. The monoisotopic (exact) mass is 500 g/mol. The average molecular weight is 501 g/mol. The van der Waals surface area contributed by atoms with E-state index in [-0.39, 0.29) is 37.0 Å². The summed E-state index contributed by atoms with van der Waals surface area (Å²) in [6, 6.07) is 0. The van der Waals surface area contributed by atoms with Gasteiger partial charge in [-0.1, -0.05) is 51.8 Å². The van der Waals surface area contributed by atoms with Gasteiger partial charge >= 0.3 is 7.82 Å². The van der Waals surface area contributed by atoms with E-state index in [1.165, 1.54) is 13.8 Å². The molecule has 11 nitrogen and oxygen atoms in total. The Hall–Kier alpha value is -1.01. The summed E-state index contributed by atoms with van der Waals surface area (Å²) in [5.41, 5.74) is -1.26. The van der Waals surface area contributed by atoms with E-state index in [1.807, 2.05) is 0 Å². The molecule has 0 radical (unpaired) electrons. The molecule has 0 aliphatic rings. The largest absolute Gasteiger partial charge is 0.469 e. The molecule has 0 rings (SSSR count). The van der Waals surface area contributed by atoms with Crippen LogP contribution in [0.15, 0.2) is 0 Å². The van der Waals surface area contributed by atoms with E-state index in [2.05, 4.69) is 22.1 Å². The van der Waals surface area contributed by atoms with Gasteiger partial charge in [0.2, 0.25) is 11.8 Å². The number of phosphoric ester groups is 1. The van der Waals surface area contributed by atoms with Gasteiger partial charge in [-0.2, -0.15) is 0 Å². The van der Waals surface area contributed by atoms with Crippen molar-refractivity contribution in [1.29, 1.82) is 0 Å². The van der Waals surface area contributed by atoms with Gasteiger partial charge in [-0.15, -0.1) is 0 Å². The highest BCUT2D eigenvalue weighted by Crippen LogP contribution is 2.38. The third-order valence-electron chi connectivity index (χ3n) is 4.48. The summed E-state index contributed by atoms with van der Waals surface area (Å²) in [6.07, 6.45) is 1.36. The average Bonchev–Trinajstić information content (AvgIpc) is 2.68. The summed E-state index contributed by atoms with van der Waals surface area (Å²) < 4.78 is 15.1. The number of hydrogen-bond donors (Lipinski definition) is 6. The number of hydrogen-bond acceptors (Lipinski definition) is 8. The highest BCUT2D eigenvalue weighted by molar-refractivity contribution is 8.13. The van der Waals surface area contributed by atoms with Crippen LogP contribution in [0.4, 0.5) is 0 Å². The summed E-state index contributed by atoms with van der Waals surface area (Å²) in [7, 11) is -4.73. The summed E-state index contributed by atoms with van der Waals surface area (Å²) in [5.74, 6) is -0.780. The van der Waals surface area contributed by atoms with Crippen molar-refractivity contribution in [2.24, 2.45) is 5.41 Å². The molecule has 0 spiro atoms. The molecule has 2 amide bonds. The molecule has 0 bridgehead atoms. The molecule has 0 aromatic rings. The Labute approximate surface area is 193 Å². The van der Waals surface area contributed by atoms with E-state index in [0.717, 1.165) is 31.0 Å². The van der Waals surface area contributed by atoms with E-state index in [1.54, 1.807) is 0 Å². The van der Waals surface area contributed by atoms with Crippen LogP contribution in [0, 0.1) is 5.41 Å². The Morgan fingerprint density at radius 3 is 2.34 bits per heavy atom.